The van der Waals surface area contributed by atoms with Gasteiger partial charge in [0.1, 0.15) is 12.2 Å². The maximum atomic E-state index is 11.9. The number of rotatable bonds is 5. The molecule has 2 rings (SSSR count). The maximum Gasteiger partial charge on any atom is 0.329 e. The van der Waals surface area contributed by atoms with Crippen LogP contribution in [0.1, 0.15) is 19.8 Å². The van der Waals surface area contributed by atoms with E-state index in [1.807, 2.05) is 6.92 Å². The van der Waals surface area contributed by atoms with E-state index in [-0.39, 0.29) is 12.6 Å². The van der Waals surface area contributed by atoms with Gasteiger partial charge >= 0.3 is 12.0 Å². The lowest BCUT2D eigenvalue weighted by Gasteiger charge is -2.47. The second-order valence-electron chi connectivity index (χ2n) is 5.73. The quantitative estimate of drug-likeness (QED) is 0.759. The van der Waals surface area contributed by atoms with E-state index in [0.29, 0.717) is 25.6 Å². The molecule has 2 fully saturated rings. The molecule has 0 spiro atoms. The molecular weight excluding hydrogens is 264 g/mol. The number of nitrogens with zero attached hydrogens (tertiary/aromatic N) is 1. The topological polar surface area (TPSA) is 88.1 Å². The van der Waals surface area contributed by atoms with Crippen molar-refractivity contribution in [2.45, 2.75) is 25.4 Å². The standard InChI is InChI=1S/C13H22N2O5/c1-13(20-7-11(16)17)8-15(9-13)12(18)14-6-10-2-4-19-5-3-10/h10H,2-9H2,1H3,(H,14,18)(H,16,17). The van der Waals surface area contributed by atoms with Crippen molar-refractivity contribution in [3.63, 3.8) is 0 Å². The van der Waals surface area contributed by atoms with Crippen molar-refractivity contribution in [2.24, 2.45) is 5.92 Å². The second kappa shape index (κ2) is 6.41. The van der Waals surface area contributed by atoms with Crippen LogP contribution in [0.25, 0.3) is 0 Å². The molecule has 7 nitrogen and oxygen atoms in total. The third kappa shape index (κ3) is 4.08. The molecule has 0 atom stereocenters. The molecular formula is C13H22N2O5. The SMILES string of the molecule is CC1(OCC(=O)O)CN(C(=O)NCC2CCOCC2)C1. The first-order valence-electron chi connectivity index (χ1n) is 6.95. The molecule has 20 heavy (non-hydrogen) atoms. The van der Waals surface area contributed by atoms with Crippen molar-refractivity contribution in [3.8, 4) is 0 Å². The van der Waals surface area contributed by atoms with E-state index < -0.39 is 11.6 Å². The van der Waals surface area contributed by atoms with Gasteiger partial charge in [0.2, 0.25) is 0 Å². The molecule has 0 aromatic carbocycles. The van der Waals surface area contributed by atoms with Crippen molar-refractivity contribution in [1.29, 1.82) is 0 Å². The smallest absolute Gasteiger partial charge is 0.329 e. The molecule has 7 heteroatoms. The first-order chi connectivity index (χ1) is 9.48. The fraction of sp³-hybridized carbons (Fsp3) is 0.846. The van der Waals surface area contributed by atoms with Crippen molar-refractivity contribution in [1.82, 2.24) is 10.2 Å². The summed E-state index contributed by atoms with van der Waals surface area (Å²) in [6, 6.07) is -0.104. The fourth-order valence-electron chi connectivity index (χ4n) is 2.53. The van der Waals surface area contributed by atoms with E-state index in [9.17, 15) is 9.59 Å². The first kappa shape index (κ1) is 15.1. The lowest BCUT2D eigenvalue weighted by Crippen LogP contribution is -2.65. The highest BCUT2D eigenvalue weighted by Gasteiger charge is 2.42. The van der Waals surface area contributed by atoms with Crippen molar-refractivity contribution in [3.05, 3.63) is 0 Å². The highest BCUT2D eigenvalue weighted by atomic mass is 16.5. The van der Waals surface area contributed by atoms with Crippen LogP contribution < -0.4 is 5.32 Å². The van der Waals surface area contributed by atoms with Gasteiger partial charge in [0, 0.05) is 19.8 Å². The summed E-state index contributed by atoms with van der Waals surface area (Å²) in [6.45, 7) is 4.56. The predicted molar refractivity (Wildman–Crippen MR) is 70.5 cm³/mol. The minimum atomic E-state index is -0.992. The molecule has 2 amide bonds. The Bertz CT molecular complexity index is 362. The van der Waals surface area contributed by atoms with Crippen LogP contribution in [0, 0.1) is 5.92 Å². The third-order valence-electron chi connectivity index (χ3n) is 3.76. The van der Waals surface area contributed by atoms with Gasteiger partial charge in [-0.25, -0.2) is 9.59 Å². The van der Waals surface area contributed by atoms with E-state index in [1.165, 1.54) is 0 Å². The number of aliphatic carboxylic acids is 1. The highest BCUT2D eigenvalue weighted by Crippen LogP contribution is 2.24. The van der Waals surface area contributed by atoms with Gasteiger partial charge in [-0.15, -0.1) is 0 Å². The molecule has 0 unspecified atom stereocenters. The zero-order valence-corrected chi connectivity index (χ0v) is 11.8. The Morgan fingerprint density at radius 1 is 1.40 bits per heavy atom. The Morgan fingerprint density at radius 2 is 2.05 bits per heavy atom. The molecule has 2 N–H and O–H groups in total. The number of amides is 2. The van der Waals surface area contributed by atoms with Gasteiger partial charge in [-0.3, -0.25) is 0 Å². The van der Waals surface area contributed by atoms with Gasteiger partial charge in [-0.2, -0.15) is 0 Å². The second-order valence-corrected chi connectivity index (χ2v) is 5.73. The minimum Gasteiger partial charge on any atom is -0.480 e. The zero-order valence-electron chi connectivity index (χ0n) is 11.8. The predicted octanol–water partition coefficient (Wildman–Crippen LogP) is 0.298. The van der Waals surface area contributed by atoms with Gasteiger partial charge in [0.15, 0.2) is 0 Å². The molecule has 0 saturated carbocycles. The molecule has 0 aromatic heterocycles. The van der Waals surface area contributed by atoms with Gasteiger partial charge in [-0.05, 0) is 25.7 Å². The molecule has 2 saturated heterocycles. The number of carboxylic acids is 1. The molecule has 114 valence electrons. The molecule has 0 bridgehead atoms. The number of carbonyl (C=O) groups is 2. The van der Waals surface area contributed by atoms with E-state index in [1.54, 1.807) is 4.90 Å². The number of urea groups is 1. The van der Waals surface area contributed by atoms with Crippen LogP contribution in [0.3, 0.4) is 0 Å². The summed E-state index contributed by atoms with van der Waals surface area (Å²) in [5, 5.41) is 11.5. The summed E-state index contributed by atoms with van der Waals surface area (Å²) in [5.41, 5.74) is -0.533. The minimum absolute atomic E-state index is 0.104. The Morgan fingerprint density at radius 3 is 2.65 bits per heavy atom. The largest absolute Gasteiger partial charge is 0.480 e. The lowest BCUT2D eigenvalue weighted by atomic mass is 9.97. The molecule has 0 aromatic rings. The van der Waals surface area contributed by atoms with Crippen LogP contribution in [0.4, 0.5) is 4.79 Å². The number of nitrogens with one attached hydrogen (secondary N) is 1. The molecule has 0 radical (unpaired) electrons. The zero-order chi connectivity index (χ0) is 14.6. The molecule has 0 aliphatic carbocycles. The highest BCUT2D eigenvalue weighted by molar-refractivity contribution is 5.75. The van der Waals surface area contributed by atoms with Gasteiger partial charge in [-0.1, -0.05) is 0 Å². The summed E-state index contributed by atoms with van der Waals surface area (Å²) < 4.78 is 10.5. The Kier molecular flexibility index (Phi) is 4.82. The van der Waals surface area contributed by atoms with Crippen LogP contribution >= 0.6 is 0 Å². The van der Waals surface area contributed by atoms with E-state index in [4.69, 9.17) is 14.6 Å². The average Bonchev–Trinajstić information content (AvgIpc) is 2.40. The van der Waals surface area contributed by atoms with Gasteiger partial charge in [0.05, 0.1) is 13.1 Å². The number of hydrogen-bond donors (Lipinski definition) is 2. The van der Waals surface area contributed by atoms with E-state index in [0.717, 1.165) is 26.1 Å². The van der Waals surface area contributed by atoms with Crippen LogP contribution in [0.2, 0.25) is 0 Å². The van der Waals surface area contributed by atoms with E-state index in [2.05, 4.69) is 5.32 Å². The monoisotopic (exact) mass is 286 g/mol. The number of hydrogen-bond acceptors (Lipinski definition) is 4. The van der Waals surface area contributed by atoms with Crippen LogP contribution in [-0.2, 0) is 14.3 Å². The summed E-state index contributed by atoms with van der Waals surface area (Å²) >= 11 is 0. The molecule has 2 heterocycles. The summed E-state index contributed by atoms with van der Waals surface area (Å²) in [4.78, 5) is 24.0. The summed E-state index contributed by atoms with van der Waals surface area (Å²) in [5.74, 6) is -0.503. The number of carboxylic acid groups (broad SMARTS) is 1. The Hall–Kier alpha value is -1.34. The number of ether oxygens (including phenoxy) is 2. The summed E-state index contributed by atoms with van der Waals surface area (Å²) in [6.07, 6.45) is 1.97. The summed E-state index contributed by atoms with van der Waals surface area (Å²) in [7, 11) is 0. The van der Waals surface area contributed by atoms with Crippen molar-refractivity contribution in [2.75, 3.05) is 39.5 Å². The van der Waals surface area contributed by atoms with Gasteiger partial charge in [0.25, 0.3) is 0 Å². The number of carbonyl (C=O) groups excluding carboxylic acids is 1. The normalized spacial score (nSPS) is 22.1. The van der Waals surface area contributed by atoms with Crippen LogP contribution in [0.15, 0.2) is 0 Å². The molecule has 2 aliphatic rings. The fourth-order valence-corrected chi connectivity index (χ4v) is 2.53. The van der Waals surface area contributed by atoms with Gasteiger partial charge < -0.3 is 24.8 Å². The number of likely N-dealkylation sites (tertiary alicyclic amines) is 1. The third-order valence-corrected chi connectivity index (χ3v) is 3.76. The van der Waals surface area contributed by atoms with Crippen molar-refractivity contribution >= 4 is 12.0 Å². The Balaban J connectivity index is 1.64. The average molecular weight is 286 g/mol. The maximum absolute atomic E-state index is 11.9. The van der Waals surface area contributed by atoms with E-state index >= 15 is 0 Å². The molecule has 2 aliphatic heterocycles. The van der Waals surface area contributed by atoms with Crippen molar-refractivity contribution < 1.29 is 24.2 Å². The van der Waals surface area contributed by atoms with Crippen LogP contribution in [0.5, 0.6) is 0 Å². The lowest BCUT2D eigenvalue weighted by molar-refractivity contribution is -0.159. The Labute approximate surface area is 118 Å². The van der Waals surface area contributed by atoms with Crippen LogP contribution in [-0.4, -0.2) is 67.1 Å². The first-order valence-corrected chi connectivity index (χ1v) is 6.95.